The van der Waals surface area contributed by atoms with Gasteiger partial charge in [-0.05, 0) is 42.0 Å². The Labute approximate surface area is 182 Å². The first-order valence-corrected chi connectivity index (χ1v) is 10.0. The van der Waals surface area contributed by atoms with Crippen LogP contribution in [0.15, 0.2) is 65.3 Å². The minimum Gasteiger partial charge on any atom is -0.493 e. The second-order valence-electron chi connectivity index (χ2n) is 7.05. The number of para-hydroxylation sites is 2. The number of hydrogen-bond acceptors (Lipinski definition) is 7. The van der Waals surface area contributed by atoms with Gasteiger partial charge in [0.2, 0.25) is 0 Å². The number of furan rings is 1. The number of nitrogens with zero attached hydrogens (tertiary/aromatic N) is 1. The zero-order chi connectivity index (χ0) is 22.1. The lowest BCUT2D eigenvalue weighted by Gasteiger charge is -2.25. The largest absolute Gasteiger partial charge is 0.493 e. The van der Waals surface area contributed by atoms with Gasteiger partial charge in [-0.25, -0.2) is 0 Å². The monoisotopic (exact) mass is 427 g/mol. The highest BCUT2D eigenvalue weighted by Crippen LogP contribution is 2.28. The van der Waals surface area contributed by atoms with Gasteiger partial charge in [-0.3, -0.25) is 4.90 Å². The summed E-state index contributed by atoms with van der Waals surface area (Å²) in [6, 6.07) is 16.9. The van der Waals surface area contributed by atoms with E-state index >= 15 is 0 Å². The Kier molecular flexibility index (Phi) is 8.20. The number of methoxy groups -OCH3 is 3. The first kappa shape index (κ1) is 22.5. The zero-order valence-corrected chi connectivity index (χ0v) is 18.1. The Bertz CT molecular complexity index is 928. The second kappa shape index (κ2) is 11.3. The van der Waals surface area contributed by atoms with Crippen molar-refractivity contribution in [3.05, 3.63) is 72.2 Å². The Morgan fingerprint density at radius 3 is 2.23 bits per heavy atom. The van der Waals surface area contributed by atoms with Crippen molar-refractivity contribution in [1.82, 2.24) is 4.90 Å². The maximum atomic E-state index is 10.7. The van der Waals surface area contributed by atoms with Gasteiger partial charge in [0.05, 0.1) is 34.1 Å². The highest BCUT2D eigenvalue weighted by atomic mass is 16.5. The molecule has 0 bridgehead atoms. The molecule has 3 rings (SSSR count). The van der Waals surface area contributed by atoms with Crippen LogP contribution in [0.25, 0.3) is 0 Å². The molecule has 0 aliphatic heterocycles. The predicted molar refractivity (Wildman–Crippen MR) is 117 cm³/mol. The van der Waals surface area contributed by atoms with Crippen LogP contribution in [0, 0.1) is 0 Å². The third kappa shape index (κ3) is 6.41. The molecule has 166 valence electrons. The number of aliphatic hydroxyl groups is 1. The van der Waals surface area contributed by atoms with Crippen LogP contribution in [-0.2, 0) is 13.1 Å². The summed E-state index contributed by atoms with van der Waals surface area (Å²) in [6.07, 6.45) is 0.936. The van der Waals surface area contributed by atoms with E-state index in [4.69, 9.17) is 23.4 Å². The molecule has 1 N–H and O–H groups in total. The highest BCUT2D eigenvalue weighted by Gasteiger charge is 2.17. The average Bonchev–Trinajstić information content (AvgIpc) is 3.30. The molecule has 3 aromatic rings. The third-order valence-electron chi connectivity index (χ3n) is 4.78. The molecule has 0 saturated heterocycles. The molecule has 1 aromatic heterocycles. The van der Waals surface area contributed by atoms with Gasteiger partial charge in [-0.15, -0.1) is 0 Å². The number of rotatable bonds is 12. The van der Waals surface area contributed by atoms with Gasteiger partial charge in [0, 0.05) is 13.1 Å². The Morgan fingerprint density at radius 1 is 0.839 bits per heavy atom. The van der Waals surface area contributed by atoms with Gasteiger partial charge < -0.3 is 28.5 Å². The van der Waals surface area contributed by atoms with Gasteiger partial charge >= 0.3 is 0 Å². The fourth-order valence-corrected chi connectivity index (χ4v) is 3.32. The zero-order valence-electron chi connectivity index (χ0n) is 18.1. The summed E-state index contributed by atoms with van der Waals surface area (Å²) in [5.74, 6) is 3.39. The molecule has 0 fully saturated rings. The van der Waals surface area contributed by atoms with E-state index in [2.05, 4.69) is 4.90 Å². The van der Waals surface area contributed by atoms with E-state index in [9.17, 15) is 5.11 Å². The van der Waals surface area contributed by atoms with Crippen LogP contribution in [0.1, 0.15) is 11.3 Å². The van der Waals surface area contributed by atoms with Crippen molar-refractivity contribution >= 4 is 0 Å². The third-order valence-corrected chi connectivity index (χ3v) is 4.78. The van der Waals surface area contributed by atoms with Crippen molar-refractivity contribution < 1.29 is 28.5 Å². The number of ether oxygens (including phenoxy) is 4. The van der Waals surface area contributed by atoms with Crippen LogP contribution >= 0.6 is 0 Å². The summed E-state index contributed by atoms with van der Waals surface area (Å²) in [4.78, 5) is 2.09. The predicted octanol–water partition coefficient (Wildman–Crippen LogP) is 3.75. The summed E-state index contributed by atoms with van der Waals surface area (Å²) in [7, 11) is 4.81. The van der Waals surface area contributed by atoms with Gasteiger partial charge in [0.15, 0.2) is 23.0 Å². The molecule has 0 aliphatic rings. The standard InChI is InChI=1S/C24H29NO6/c1-27-21-8-4-5-9-23(21)31-17-19(26)15-25(16-20-7-6-12-30-20)14-18-10-11-22(28-2)24(13-18)29-3/h4-13,19,26H,14-17H2,1-3H3. The molecule has 0 spiro atoms. The van der Waals surface area contributed by atoms with Gasteiger partial charge in [0.1, 0.15) is 18.5 Å². The van der Waals surface area contributed by atoms with E-state index in [1.807, 2.05) is 54.6 Å². The summed E-state index contributed by atoms with van der Waals surface area (Å²) in [5.41, 5.74) is 1.03. The Balaban J connectivity index is 1.67. The quantitative estimate of drug-likeness (QED) is 0.472. The molecule has 2 aromatic carbocycles. The minimum atomic E-state index is -0.708. The molecule has 1 heterocycles. The molecule has 0 aliphatic carbocycles. The van der Waals surface area contributed by atoms with Crippen LogP contribution in [0.3, 0.4) is 0 Å². The number of benzene rings is 2. The lowest BCUT2D eigenvalue weighted by atomic mass is 10.1. The molecule has 31 heavy (non-hydrogen) atoms. The maximum absolute atomic E-state index is 10.7. The lowest BCUT2D eigenvalue weighted by molar-refractivity contribution is 0.0595. The van der Waals surface area contributed by atoms with Crippen LogP contribution in [0.5, 0.6) is 23.0 Å². The van der Waals surface area contributed by atoms with Crippen molar-refractivity contribution in [2.45, 2.75) is 19.2 Å². The lowest BCUT2D eigenvalue weighted by Crippen LogP contribution is -2.35. The van der Waals surface area contributed by atoms with Gasteiger partial charge in [-0.2, -0.15) is 0 Å². The van der Waals surface area contributed by atoms with E-state index in [-0.39, 0.29) is 6.61 Å². The van der Waals surface area contributed by atoms with E-state index in [1.165, 1.54) is 0 Å². The highest BCUT2D eigenvalue weighted by molar-refractivity contribution is 5.43. The summed E-state index contributed by atoms with van der Waals surface area (Å²) < 4.78 is 27.3. The minimum absolute atomic E-state index is 0.140. The van der Waals surface area contributed by atoms with Gasteiger partial charge in [0.25, 0.3) is 0 Å². The number of hydrogen-bond donors (Lipinski definition) is 1. The van der Waals surface area contributed by atoms with Crippen molar-refractivity contribution in [1.29, 1.82) is 0 Å². The molecular weight excluding hydrogens is 398 g/mol. The summed E-state index contributed by atoms with van der Waals surface area (Å²) in [5, 5.41) is 10.7. The maximum Gasteiger partial charge on any atom is 0.161 e. The van der Waals surface area contributed by atoms with Crippen molar-refractivity contribution in [3.63, 3.8) is 0 Å². The van der Waals surface area contributed by atoms with Crippen molar-refractivity contribution in [2.24, 2.45) is 0 Å². The van der Waals surface area contributed by atoms with Crippen LogP contribution < -0.4 is 18.9 Å². The summed E-state index contributed by atoms with van der Waals surface area (Å²) in [6.45, 7) is 1.67. The number of aliphatic hydroxyl groups excluding tert-OH is 1. The Hall–Kier alpha value is -3.16. The first-order valence-electron chi connectivity index (χ1n) is 10.0. The smallest absolute Gasteiger partial charge is 0.161 e. The van der Waals surface area contributed by atoms with E-state index in [0.717, 1.165) is 11.3 Å². The molecule has 0 saturated carbocycles. The second-order valence-corrected chi connectivity index (χ2v) is 7.05. The van der Waals surface area contributed by atoms with Crippen molar-refractivity contribution in [2.75, 3.05) is 34.5 Å². The fraction of sp³-hybridized carbons (Fsp3) is 0.333. The molecular formula is C24H29NO6. The molecule has 7 nitrogen and oxygen atoms in total. The van der Waals surface area contributed by atoms with Crippen LogP contribution in [0.2, 0.25) is 0 Å². The fourth-order valence-electron chi connectivity index (χ4n) is 3.32. The summed E-state index contributed by atoms with van der Waals surface area (Å²) >= 11 is 0. The molecule has 7 heteroatoms. The molecule has 0 radical (unpaired) electrons. The van der Waals surface area contributed by atoms with Crippen LogP contribution in [0.4, 0.5) is 0 Å². The van der Waals surface area contributed by atoms with Crippen molar-refractivity contribution in [3.8, 4) is 23.0 Å². The van der Waals surface area contributed by atoms with E-state index < -0.39 is 6.10 Å². The molecule has 1 atom stereocenters. The normalized spacial score (nSPS) is 11.9. The van der Waals surface area contributed by atoms with E-state index in [0.29, 0.717) is 42.6 Å². The topological polar surface area (TPSA) is 73.5 Å². The van der Waals surface area contributed by atoms with Crippen LogP contribution in [-0.4, -0.2) is 50.6 Å². The molecule has 0 amide bonds. The average molecular weight is 427 g/mol. The van der Waals surface area contributed by atoms with E-state index in [1.54, 1.807) is 27.6 Å². The first-order chi connectivity index (χ1) is 15.1. The van der Waals surface area contributed by atoms with Gasteiger partial charge in [-0.1, -0.05) is 18.2 Å². The Morgan fingerprint density at radius 2 is 1.55 bits per heavy atom. The SMILES string of the molecule is COc1ccc(CN(Cc2ccco2)CC(O)COc2ccccc2OC)cc1OC. The molecule has 1 unspecified atom stereocenters.